The number of carbonyl (C=O) groups excluding carboxylic acids is 1. The van der Waals surface area contributed by atoms with Crippen molar-refractivity contribution in [3.63, 3.8) is 0 Å². The highest BCUT2D eigenvalue weighted by Crippen LogP contribution is 2.50. The number of unbranched alkanes of at least 4 members (excludes halogenated alkanes) is 1. The molecule has 0 saturated heterocycles. The second-order valence-electron chi connectivity index (χ2n) is 6.26. The van der Waals surface area contributed by atoms with E-state index < -0.39 is 15.9 Å². The molecule has 0 atom stereocenters. The van der Waals surface area contributed by atoms with Crippen molar-refractivity contribution in [3.8, 4) is 0 Å². The van der Waals surface area contributed by atoms with Gasteiger partial charge >= 0.3 is 10.5 Å². The van der Waals surface area contributed by atoms with Crippen LogP contribution in [0, 0.1) is 6.92 Å². The molecule has 1 saturated carbocycles. The fourth-order valence-electron chi connectivity index (χ4n) is 2.84. The van der Waals surface area contributed by atoms with Crippen LogP contribution in [0.1, 0.15) is 43.7 Å². The molecule has 0 aliphatic heterocycles. The van der Waals surface area contributed by atoms with Crippen molar-refractivity contribution in [1.82, 2.24) is 10.2 Å². The van der Waals surface area contributed by atoms with Gasteiger partial charge in [0.2, 0.25) is 5.91 Å². The lowest BCUT2D eigenvalue weighted by Gasteiger charge is -2.28. The van der Waals surface area contributed by atoms with Gasteiger partial charge in [0.05, 0.1) is 11.1 Å². The summed E-state index contributed by atoms with van der Waals surface area (Å²) in [6.45, 7) is 4.43. The van der Waals surface area contributed by atoms with Gasteiger partial charge in [0.15, 0.2) is 5.11 Å². The second kappa shape index (κ2) is 8.05. The van der Waals surface area contributed by atoms with Crippen LogP contribution in [0.3, 0.4) is 0 Å². The van der Waals surface area contributed by atoms with Crippen LogP contribution < -0.4 is 5.32 Å². The Balaban J connectivity index is 2.39. The molecule has 6 nitrogen and oxygen atoms in total. The Morgan fingerprint density at radius 1 is 1.40 bits per heavy atom. The monoisotopic (exact) mass is 381 g/mol. The van der Waals surface area contributed by atoms with Crippen molar-refractivity contribution in [1.29, 1.82) is 0 Å². The Hall–Kier alpha value is -1.80. The molecule has 1 aliphatic carbocycles. The summed E-state index contributed by atoms with van der Waals surface area (Å²) in [6, 6.07) is 5.39. The van der Waals surface area contributed by atoms with E-state index in [0.29, 0.717) is 17.3 Å². The molecule has 8 heteroatoms. The Morgan fingerprint density at radius 2 is 2.08 bits per heavy atom. The number of benzene rings is 1. The lowest BCUT2D eigenvalue weighted by molar-refractivity contribution is -0.130. The number of nitrogens with zero attached hydrogens (tertiary/aromatic N) is 2. The third kappa shape index (κ3) is 4.24. The van der Waals surface area contributed by atoms with Crippen LogP contribution in [0.4, 0.5) is 5.69 Å². The van der Waals surface area contributed by atoms with Crippen molar-refractivity contribution in [3.05, 3.63) is 29.3 Å². The molecule has 0 unspecified atom stereocenters. The Labute approximate surface area is 155 Å². The Kier molecular flexibility index (Phi) is 6.29. The molecule has 136 valence electrons. The third-order valence-electron chi connectivity index (χ3n) is 4.53. The molecule has 0 aromatic heterocycles. The van der Waals surface area contributed by atoms with Crippen LogP contribution in [0.5, 0.6) is 0 Å². The average molecular weight is 382 g/mol. The maximum atomic E-state index is 13.2. The zero-order valence-corrected chi connectivity index (χ0v) is 16.3. The molecule has 0 spiro atoms. The van der Waals surface area contributed by atoms with Crippen LogP contribution in [0.25, 0.3) is 0 Å². The van der Waals surface area contributed by atoms with Crippen molar-refractivity contribution < 1.29 is 13.2 Å². The summed E-state index contributed by atoms with van der Waals surface area (Å²) in [5.41, 5.74) is 1.30. The number of aryl methyl sites for hydroxylation is 1. The highest BCUT2D eigenvalue weighted by Gasteiger charge is 2.53. The van der Waals surface area contributed by atoms with Gasteiger partial charge in [-0.1, -0.05) is 25.5 Å². The molecule has 1 aromatic rings. The van der Waals surface area contributed by atoms with E-state index >= 15 is 0 Å². The number of carbonyl (C=O) groups is 1. The topological polar surface area (TPSA) is 78.8 Å². The standard InChI is InChI=1S/C17H23N3O3S2/c1-4-5-10-20(16(24)18-3)15(21)17(8-9-17)13-7-6-12(2)14(11-13)19-25(22)23/h6-7,11H,4-5,8-10H2,1-3H3,(H,18,24). The van der Waals surface area contributed by atoms with Gasteiger partial charge in [-0.3, -0.25) is 9.69 Å². The lowest BCUT2D eigenvalue weighted by atomic mass is 9.92. The van der Waals surface area contributed by atoms with Crippen molar-refractivity contribution in [2.24, 2.45) is 4.36 Å². The highest BCUT2D eigenvalue weighted by atomic mass is 32.2. The van der Waals surface area contributed by atoms with Gasteiger partial charge < -0.3 is 5.32 Å². The normalized spacial score (nSPS) is 14.5. The first-order chi connectivity index (χ1) is 11.9. The Bertz CT molecular complexity index is 806. The van der Waals surface area contributed by atoms with E-state index in [1.807, 2.05) is 6.07 Å². The van der Waals surface area contributed by atoms with E-state index in [4.69, 9.17) is 12.2 Å². The van der Waals surface area contributed by atoms with Crippen LogP contribution in [-0.2, 0) is 20.7 Å². The molecule has 0 radical (unpaired) electrons. The van der Waals surface area contributed by atoms with Crippen LogP contribution in [0.2, 0.25) is 0 Å². The molecule has 1 N–H and O–H groups in total. The van der Waals surface area contributed by atoms with Gasteiger partial charge in [-0.2, -0.15) is 8.42 Å². The maximum Gasteiger partial charge on any atom is 0.316 e. The van der Waals surface area contributed by atoms with Gasteiger partial charge in [-0.25, -0.2) is 0 Å². The van der Waals surface area contributed by atoms with E-state index in [2.05, 4.69) is 16.6 Å². The maximum absolute atomic E-state index is 13.2. The van der Waals surface area contributed by atoms with Crippen molar-refractivity contribution in [2.45, 2.75) is 44.9 Å². The summed E-state index contributed by atoms with van der Waals surface area (Å²) in [7, 11) is -0.816. The van der Waals surface area contributed by atoms with E-state index in [1.54, 1.807) is 31.0 Å². The van der Waals surface area contributed by atoms with Crippen LogP contribution in [-0.4, -0.2) is 37.9 Å². The summed E-state index contributed by atoms with van der Waals surface area (Å²) in [5, 5.41) is 3.31. The lowest BCUT2D eigenvalue weighted by Crippen LogP contribution is -2.47. The second-order valence-corrected chi connectivity index (χ2v) is 7.26. The number of nitrogens with one attached hydrogen (secondary N) is 1. The molecule has 0 heterocycles. The molecule has 0 bridgehead atoms. The molecular formula is C17H23N3O3S2. The minimum absolute atomic E-state index is 0.0293. The smallest absolute Gasteiger partial charge is 0.316 e. The fraction of sp³-hybridized carbons (Fsp3) is 0.529. The molecule has 25 heavy (non-hydrogen) atoms. The van der Waals surface area contributed by atoms with Crippen LogP contribution in [0.15, 0.2) is 22.6 Å². The number of rotatable bonds is 6. The number of hydrogen-bond donors (Lipinski definition) is 1. The zero-order valence-electron chi connectivity index (χ0n) is 14.7. The molecule has 2 rings (SSSR count). The van der Waals surface area contributed by atoms with Gasteiger partial charge in [0.1, 0.15) is 0 Å². The summed E-state index contributed by atoms with van der Waals surface area (Å²) in [5.74, 6) is -0.0293. The van der Waals surface area contributed by atoms with Crippen molar-refractivity contribution >= 4 is 39.4 Å². The highest BCUT2D eigenvalue weighted by molar-refractivity contribution is 7.80. The minimum atomic E-state index is -2.53. The average Bonchev–Trinajstić information content (AvgIpc) is 3.38. The number of hydrogen-bond acceptors (Lipinski definition) is 5. The summed E-state index contributed by atoms with van der Waals surface area (Å²) < 4.78 is 25.5. The largest absolute Gasteiger partial charge is 0.365 e. The van der Waals surface area contributed by atoms with Gasteiger partial charge in [0.25, 0.3) is 0 Å². The first kappa shape index (κ1) is 19.5. The summed E-state index contributed by atoms with van der Waals surface area (Å²) in [6.07, 6.45) is 3.28. The molecular weight excluding hydrogens is 358 g/mol. The SMILES string of the molecule is CCCCN(C(=O)C1(c2ccc(C)c(N=S(=O)=O)c2)CC1)C(=S)NC. The predicted molar refractivity (Wildman–Crippen MR) is 101 cm³/mol. The Morgan fingerprint density at radius 3 is 2.60 bits per heavy atom. The molecule has 1 aliphatic rings. The number of amides is 1. The first-order valence-electron chi connectivity index (χ1n) is 8.31. The van der Waals surface area contributed by atoms with Crippen molar-refractivity contribution in [2.75, 3.05) is 13.6 Å². The predicted octanol–water partition coefficient (Wildman–Crippen LogP) is 2.85. The number of thiocarbonyl (C=S) groups is 1. The van der Waals surface area contributed by atoms with E-state index in [-0.39, 0.29) is 5.91 Å². The van der Waals surface area contributed by atoms with Gasteiger partial charge in [0, 0.05) is 13.6 Å². The molecule has 1 amide bonds. The molecule has 1 fully saturated rings. The van der Waals surface area contributed by atoms with E-state index in [0.717, 1.165) is 36.8 Å². The van der Waals surface area contributed by atoms with E-state index in [1.165, 1.54) is 0 Å². The first-order valence-corrected chi connectivity index (χ1v) is 9.75. The van der Waals surface area contributed by atoms with Gasteiger partial charge in [-0.05, 0) is 55.6 Å². The van der Waals surface area contributed by atoms with E-state index in [9.17, 15) is 13.2 Å². The summed E-state index contributed by atoms with van der Waals surface area (Å²) in [4.78, 5) is 14.8. The van der Waals surface area contributed by atoms with Gasteiger partial charge in [-0.15, -0.1) is 4.36 Å². The molecule has 1 aromatic carbocycles. The summed E-state index contributed by atoms with van der Waals surface area (Å²) >= 11 is 5.31. The van der Waals surface area contributed by atoms with Crippen LogP contribution >= 0.6 is 12.2 Å². The fourth-order valence-corrected chi connectivity index (χ4v) is 3.37. The zero-order chi connectivity index (χ0) is 18.6. The minimum Gasteiger partial charge on any atom is -0.365 e. The third-order valence-corrected chi connectivity index (χ3v) is 5.30. The quantitative estimate of drug-likeness (QED) is 0.767.